The highest BCUT2D eigenvalue weighted by Crippen LogP contribution is 2.05. The molecule has 0 saturated heterocycles. The molecule has 2 rings (SSSR count). The third-order valence-corrected chi connectivity index (χ3v) is 3.46. The Morgan fingerprint density at radius 1 is 0.880 bits per heavy atom. The van der Waals surface area contributed by atoms with Crippen LogP contribution in [0.4, 0.5) is 0 Å². The van der Waals surface area contributed by atoms with Crippen molar-refractivity contribution in [3.8, 4) is 0 Å². The molecule has 7 nitrogen and oxygen atoms in total. The summed E-state index contributed by atoms with van der Waals surface area (Å²) < 4.78 is 0. The van der Waals surface area contributed by atoms with Gasteiger partial charge < -0.3 is 15.7 Å². The summed E-state index contributed by atoms with van der Waals surface area (Å²) in [4.78, 5) is 38.1. The van der Waals surface area contributed by atoms with Crippen molar-refractivity contribution < 1.29 is 19.5 Å². The van der Waals surface area contributed by atoms with E-state index in [9.17, 15) is 14.4 Å². The number of nitrogens with one attached hydrogen (secondary N) is 2. The van der Waals surface area contributed by atoms with Gasteiger partial charge in [0.15, 0.2) is 0 Å². The molecule has 0 aliphatic heterocycles. The van der Waals surface area contributed by atoms with Crippen molar-refractivity contribution in [2.24, 2.45) is 0 Å². The zero-order chi connectivity index (χ0) is 18.1. The Morgan fingerprint density at radius 2 is 1.48 bits per heavy atom. The van der Waals surface area contributed by atoms with Crippen LogP contribution in [0.15, 0.2) is 48.8 Å². The minimum atomic E-state index is -0.882. The van der Waals surface area contributed by atoms with Crippen molar-refractivity contribution in [2.45, 2.75) is 19.4 Å². The molecule has 0 saturated carbocycles. The van der Waals surface area contributed by atoms with Crippen molar-refractivity contribution in [1.82, 2.24) is 15.6 Å². The quantitative estimate of drug-likeness (QED) is 0.632. The van der Waals surface area contributed by atoms with Crippen LogP contribution >= 0.6 is 0 Å². The molecule has 2 amide bonds. The molecule has 0 bridgehead atoms. The van der Waals surface area contributed by atoms with Gasteiger partial charge >= 0.3 is 5.97 Å². The van der Waals surface area contributed by atoms with Gasteiger partial charge in [0.05, 0.1) is 0 Å². The third-order valence-electron chi connectivity index (χ3n) is 3.46. The summed E-state index contributed by atoms with van der Waals surface area (Å²) in [6.07, 6.45) is 3.52. The molecule has 130 valence electrons. The van der Waals surface area contributed by atoms with E-state index < -0.39 is 5.97 Å². The molecule has 1 aromatic heterocycles. The maximum Gasteiger partial charge on any atom is 0.303 e. The lowest BCUT2D eigenvalue weighted by Gasteiger charge is -2.07. The van der Waals surface area contributed by atoms with Crippen LogP contribution in [0.3, 0.4) is 0 Å². The fraction of sp³-hybridized carbons (Fsp3) is 0.222. The van der Waals surface area contributed by atoms with Crippen LogP contribution in [-0.4, -0.2) is 34.4 Å². The van der Waals surface area contributed by atoms with E-state index in [4.69, 9.17) is 5.11 Å². The maximum atomic E-state index is 11.9. The number of benzene rings is 1. The number of carboxylic acids is 1. The van der Waals surface area contributed by atoms with Gasteiger partial charge in [0, 0.05) is 43.0 Å². The molecule has 3 N–H and O–H groups in total. The molecule has 7 heteroatoms. The van der Waals surface area contributed by atoms with Gasteiger partial charge in [-0.25, -0.2) is 0 Å². The van der Waals surface area contributed by atoms with Crippen LogP contribution < -0.4 is 10.6 Å². The number of aliphatic carboxylic acids is 1. The summed E-state index contributed by atoms with van der Waals surface area (Å²) in [5.41, 5.74) is 1.89. The zero-order valence-electron chi connectivity index (χ0n) is 13.6. The van der Waals surface area contributed by atoms with Gasteiger partial charge in [-0.15, -0.1) is 0 Å². The van der Waals surface area contributed by atoms with E-state index in [1.807, 2.05) is 0 Å². The summed E-state index contributed by atoms with van der Waals surface area (Å²) in [6.45, 7) is 0.663. The summed E-state index contributed by atoms with van der Waals surface area (Å²) in [6, 6.07) is 10.1. The molecule has 0 aliphatic carbocycles. The Morgan fingerprint density at radius 3 is 2.12 bits per heavy atom. The number of amides is 2. The Hall–Kier alpha value is -3.22. The molecular weight excluding hydrogens is 322 g/mol. The smallest absolute Gasteiger partial charge is 0.303 e. The fourth-order valence-electron chi connectivity index (χ4n) is 2.11. The normalized spacial score (nSPS) is 10.1. The van der Waals surface area contributed by atoms with Crippen LogP contribution in [0, 0.1) is 0 Å². The second-order valence-electron chi connectivity index (χ2n) is 5.37. The first-order valence-electron chi connectivity index (χ1n) is 7.83. The molecule has 0 aliphatic rings. The second-order valence-corrected chi connectivity index (χ2v) is 5.37. The zero-order valence-corrected chi connectivity index (χ0v) is 13.6. The van der Waals surface area contributed by atoms with E-state index in [2.05, 4.69) is 15.6 Å². The molecule has 0 fully saturated rings. The number of rotatable bonds is 8. The van der Waals surface area contributed by atoms with Crippen LogP contribution in [0.1, 0.15) is 39.1 Å². The van der Waals surface area contributed by atoms with Crippen molar-refractivity contribution in [2.75, 3.05) is 6.54 Å². The van der Waals surface area contributed by atoms with Crippen LogP contribution in [-0.2, 0) is 11.3 Å². The molecule has 1 heterocycles. The van der Waals surface area contributed by atoms with E-state index in [0.717, 1.165) is 5.56 Å². The average molecular weight is 341 g/mol. The predicted octanol–water partition coefficient (Wildman–Crippen LogP) is 1.61. The number of carbonyl (C=O) groups is 3. The summed E-state index contributed by atoms with van der Waals surface area (Å²) in [7, 11) is 0. The van der Waals surface area contributed by atoms with E-state index in [1.54, 1.807) is 48.8 Å². The highest BCUT2D eigenvalue weighted by atomic mass is 16.4. The molecule has 0 spiro atoms. The Bertz CT molecular complexity index is 730. The first-order chi connectivity index (χ1) is 12.1. The summed E-state index contributed by atoms with van der Waals surface area (Å²) in [5.74, 6) is -1.33. The van der Waals surface area contributed by atoms with Gasteiger partial charge in [-0.3, -0.25) is 19.4 Å². The minimum absolute atomic E-state index is 0.0242. The van der Waals surface area contributed by atoms with E-state index in [0.29, 0.717) is 30.6 Å². The van der Waals surface area contributed by atoms with Gasteiger partial charge in [0.2, 0.25) is 0 Å². The standard InChI is InChI=1S/C18H19N3O4/c22-16(23)2-1-9-20-17(24)14-5-3-13(4-6-14)12-21-18(25)15-7-10-19-11-8-15/h3-8,10-11H,1-2,9,12H2,(H,20,24)(H,21,25)(H,22,23). The lowest BCUT2D eigenvalue weighted by molar-refractivity contribution is -0.137. The first-order valence-corrected chi connectivity index (χ1v) is 7.83. The van der Waals surface area contributed by atoms with Crippen molar-refractivity contribution in [1.29, 1.82) is 0 Å². The Balaban J connectivity index is 1.80. The molecular formula is C18H19N3O4. The van der Waals surface area contributed by atoms with Gasteiger partial charge in [-0.1, -0.05) is 12.1 Å². The molecule has 2 aromatic rings. The van der Waals surface area contributed by atoms with Crippen molar-refractivity contribution in [3.05, 3.63) is 65.5 Å². The highest BCUT2D eigenvalue weighted by Gasteiger charge is 2.07. The van der Waals surface area contributed by atoms with Gasteiger partial charge in [-0.05, 0) is 36.2 Å². The predicted molar refractivity (Wildman–Crippen MR) is 91.1 cm³/mol. The summed E-state index contributed by atoms with van der Waals surface area (Å²) >= 11 is 0. The number of hydrogen-bond donors (Lipinski definition) is 3. The van der Waals surface area contributed by atoms with E-state index in [-0.39, 0.29) is 18.2 Å². The monoisotopic (exact) mass is 341 g/mol. The van der Waals surface area contributed by atoms with Gasteiger partial charge in [-0.2, -0.15) is 0 Å². The van der Waals surface area contributed by atoms with E-state index in [1.165, 1.54) is 0 Å². The highest BCUT2D eigenvalue weighted by molar-refractivity contribution is 5.94. The molecule has 25 heavy (non-hydrogen) atoms. The number of nitrogens with zero attached hydrogens (tertiary/aromatic N) is 1. The van der Waals surface area contributed by atoms with Crippen LogP contribution in [0.5, 0.6) is 0 Å². The van der Waals surface area contributed by atoms with Crippen molar-refractivity contribution in [3.63, 3.8) is 0 Å². The molecule has 0 unspecified atom stereocenters. The SMILES string of the molecule is O=C(O)CCCNC(=O)c1ccc(CNC(=O)c2ccncc2)cc1. The minimum Gasteiger partial charge on any atom is -0.481 e. The Labute approximate surface area is 145 Å². The largest absolute Gasteiger partial charge is 0.481 e. The summed E-state index contributed by atoms with van der Waals surface area (Å²) in [5, 5.41) is 14.0. The fourth-order valence-corrected chi connectivity index (χ4v) is 2.11. The topological polar surface area (TPSA) is 108 Å². The lowest BCUT2D eigenvalue weighted by atomic mass is 10.1. The molecule has 0 atom stereocenters. The number of pyridine rings is 1. The van der Waals surface area contributed by atoms with Crippen LogP contribution in [0.25, 0.3) is 0 Å². The van der Waals surface area contributed by atoms with Crippen molar-refractivity contribution >= 4 is 17.8 Å². The number of hydrogen-bond acceptors (Lipinski definition) is 4. The lowest BCUT2D eigenvalue weighted by Crippen LogP contribution is -2.25. The van der Waals surface area contributed by atoms with Gasteiger partial charge in [0.1, 0.15) is 0 Å². The second kappa shape index (κ2) is 9.17. The number of carbonyl (C=O) groups excluding carboxylic acids is 2. The first kappa shape index (κ1) is 18.1. The number of carboxylic acid groups (broad SMARTS) is 1. The molecule has 1 aromatic carbocycles. The van der Waals surface area contributed by atoms with Crippen LogP contribution in [0.2, 0.25) is 0 Å². The average Bonchev–Trinajstić information content (AvgIpc) is 2.64. The maximum absolute atomic E-state index is 11.9. The van der Waals surface area contributed by atoms with Gasteiger partial charge in [0.25, 0.3) is 11.8 Å². The number of aromatic nitrogens is 1. The third kappa shape index (κ3) is 6.06. The Kier molecular flexibility index (Phi) is 6.65. The molecule has 0 radical (unpaired) electrons. The van der Waals surface area contributed by atoms with E-state index >= 15 is 0 Å².